The number of hydrogen-bond acceptors (Lipinski definition) is 4. The van der Waals surface area contributed by atoms with Gasteiger partial charge in [0.25, 0.3) is 0 Å². The van der Waals surface area contributed by atoms with Gasteiger partial charge in [-0.05, 0) is 20.8 Å². The van der Waals surface area contributed by atoms with E-state index in [2.05, 4.69) is 20.6 Å². The normalized spacial score (nSPS) is 17.2. The van der Waals surface area contributed by atoms with Crippen LogP contribution in [0.25, 0.3) is 0 Å². The van der Waals surface area contributed by atoms with Crippen molar-refractivity contribution in [3.8, 4) is 0 Å². The molecule has 1 aliphatic heterocycles. The summed E-state index contributed by atoms with van der Waals surface area (Å²) < 4.78 is 1.78. The zero-order valence-corrected chi connectivity index (χ0v) is 12.9. The molecule has 6 heteroatoms. The van der Waals surface area contributed by atoms with Crippen LogP contribution >= 0.6 is 0 Å². The van der Waals surface area contributed by atoms with Crippen LogP contribution in [0.2, 0.25) is 0 Å². The number of hydrogen-bond donors (Lipinski definition) is 2. The van der Waals surface area contributed by atoms with Crippen LogP contribution in [0, 0.1) is 6.92 Å². The van der Waals surface area contributed by atoms with Gasteiger partial charge in [0.2, 0.25) is 5.91 Å². The maximum atomic E-state index is 12.5. The third-order valence-electron chi connectivity index (χ3n) is 4.02. The summed E-state index contributed by atoms with van der Waals surface area (Å²) in [7, 11) is 1.89. The topological polar surface area (TPSA) is 62.2 Å². The molecule has 1 aromatic rings. The monoisotopic (exact) mass is 279 g/mol. The summed E-state index contributed by atoms with van der Waals surface area (Å²) in [5, 5.41) is 10.6. The van der Waals surface area contributed by atoms with Crippen LogP contribution in [0.5, 0.6) is 0 Å². The first-order valence-corrected chi connectivity index (χ1v) is 7.14. The number of carbonyl (C=O) groups is 1. The quantitative estimate of drug-likeness (QED) is 0.816. The highest BCUT2D eigenvalue weighted by Crippen LogP contribution is 2.15. The Morgan fingerprint density at radius 1 is 1.45 bits per heavy atom. The molecule has 112 valence electrons. The van der Waals surface area contributed by atoms with Gasteiger partial charge >= 0.3 is 0 Å². The number of piperazine rings is 1. The Bertz CT molecular complexity index is 474. The Morgan fingerprint density at radius 3 is 2.65 bits per heavy atom. The van der Waals surface area contributed by atoms with E-state index in [9.17, 15) is 4.79 Å². The molecule has 2 heterocycles. The molecule has 6 nitrogen and oxygen atoms in total. The van der Waals surface area contributed by atoms with E-state index in [1.165, 1.54) is 0 Å². The van der Waals surface area contributed by atoms with Gasteiger partial charge in [-0.2, -0.15) is 5.10 Å². The van der Waals surface area contributed by atoms with E-state index in [-0.39, 0.29) is 5.91 Å². The fourth-order valence-electron chi connectivity index (χ4n) is 2.58. The smallest absolute Gasteiger partial charge is 0.240 e. The van der Waals surface area contributed by atoms with Crippen molar-refractivity contribution < 1.29 is 4.79 Å². The predicted molar refractivity (Wildman–Crippen MR) is 78.3 cm³/mol. The molecule has 1 fully saturated rings. The molecule has 0 aliphatic carbocycles. The van der Waals surface area contributed by atoms with Gasteiger partial charge in [-0.1, -0.05) is 0 Å². The molecule has 0 aromatic carbocycles. The minimum atomic E-state index is -0.474. The number of aryl methyl sites for hydroxylation is 2. The second-order valence-corrected chi connectivity index (χ2v) is 5.89. The summed E-state index contributed by atoms with van der Waals surface area (Å²) in [6, 6.07) is 0. The number of nitrogens with one attached hydrogen (secondary N) is 2. The van der Waals surface area contributed by atoms with Crippen molar-refractivity contribution in [2.75, 3.05) is 26.2 Å². The summed E-state index contributed by atoms with van der Waals surface area (Å²) in [4.78, 5) is 14.7. The Morgan fingerprint density at radius 2 is 2.10 bits per heavy atom. The summed E-state index contributed by atoms with van der Waals surface area (Å²) >= 11 is 0. The van der Waals surface area contributed by atoms with E-state index >= 15 is 0 Å². The van der Waals surface area contributed by atoms with Crippen molar-refractivity contribution in [3.05, 3.63) is 17.5 Å². The average molecular weight is 279 g/mol. The van der Waals surface area contributed by atoms with Crippen LogP contribution in [0.3, 0.4) is 0 Å². The number of carbonyl (C=O) groups excluding carboxylic acids is 1. The largest absolute Gasteiger partial charge is 0.350 e. The second-order valence-electron chi connectivity index (χ2n) is 5.89. The number of amides is 1. The lowest BCUT2D eigenvalue weighted by molar-refractivity contribution is -0.132. The van der Waals surface area contributed by atoms with E-state index in [0.717, 1.165) is 37.4 Å². The SMILES string of the molecule is Cc1nn(C)cc1CNC(=O)C(C)(C)N1CCNCC1. The minimum Gasteiger partial charge on any atom is -0.350 e. The van der Waals surface area contributed by atoms with Crippen LogP contribution in [-0.2, 0) is 18.4 Å². The molecular weight excluding hydrogens is 254 g/mol. The van der Waals surface area contributed by atoms with Crippen LogP contribution < -0.4 is 10.6 Å². The molecule has 0 atom stereocenters. The van der Waals surface area contributed by atoms with Crippen molar-refractivity contribution in [3.63, 3.8) is 0 Å². The maximum Gasteiger partial charge on any atom is 0.240 e. The Hall–Kier alpha value is -1.40. The molecule has 1 amide bonds. The summed E-state index contributed by atoms with van der Waals surface area (Å²) in [5.74, 6) is 0.0719. The molecule has 0 bridgehead atoms. The van der Waals surface area contributed by atoms with Crippen molar-refractivity contribution in [2.45, 2.75) is 32.9 Å². The first-order valence-electron chi connectivity index (χ1n) is 7.14. The Kier molecular flexibility index (Phi) is 4.45. The fraction of sp³-hybridized carbons (Fsp3) is 0.714. The van der Waals surface area contributed by atoms with Gasteiger partial charge in [0.05, 0.1) is 11.2 Å². The fourth-order valence-corrected chi connectivity index (χ4v) is 2.58. The Balaban J connectivity index is 1.94. The average Bonchev–Trinajstić information content (AvgIpc) is 2.75. The lowest BCUT2D eigenvalue weighted by atomic mass is 10.0. The van der Waals surface area contributed by atoms with Gasteiger partial charge in [0, 0.05) is 51.5 Å². The van der Waals surface area contributed by atoms with E-state index in [4.69, 9.17) is 0 Å². The predicted octanol–water partition coefficient (Wildman–Crippen LogP) is 0.0285. The Labute approximate surface area is 120 Å². The van der Waals surface area contributed by atoms with Crippen molar-refractivity contribution in [1.82, 2.24) is 25.3 Å². The van der Waals surface area contributed by atoms with Crippen molar-refractivity contribution in [2.24, 2.45) is 7.05 Å². The summed E-state index contributed by atoms with van der Waals surface area (Å²) in [6.07, 6.45) is 1.95. The van der Waals surface area contributed by atoms with Crippen molar-refractivity contribution >= 4 is 5.91 Å². The van der Waals surface area contributed by atoms with Gasteiger partial charge in [-0.3, -0.25) is 14.4 Å². The van der Waals surface area contributed by atoms with Crippen molar-refractivity contribution in [1.29, 1.82) is 0 Å². The van der Waals surface area contributed by atoms with Gasteiger partial charge in [-0.15, -0.1) is 0 Å². The van der Waals surface area contributed by atoms with Gasteiger partial charge in [-0.25, -0.2) is 0 Å². The highest BCUT2D eigenvalue weighted by Gasteiger charge is 2.34. The molecule has 20 heavy (non-hydrogen) atoms. The molecular formula is C14H25N5O. The molecule has 0 spiro atoms. The third-order valence-corrected chi connectivity index (χ3v) is 4.02. The molecule has 2 rings (SSSR count). The minimum absolute atomic E-state index is 0.0719. The lowest BCUT2D eigenvalue weighted by Crippen LogP contribution is -2.59. The number of rotatable bonds is 4. The van der Waals surface area contributed by atoms with Crippen LogP contribution in [0.15, 0.2) is 6.20 Å². The summed E-state index contributed by atoms with van der Waals surface area (Å²) in [5.41, 5.74) is 1.56. The van der Waals surface area contributed by atoms with Crippen LogP contribution in [0.4, 0.5) is 0 Å². The van der Waals surface area contributed by atoms with E-state index in [0.29, 0.717) is 6.54 Å². The molecule has 0 unspecified atom stereocenters. The van der Waals surface area contributed by atoms with E-state index in [1.54, 1.807) is 4.68 Å². The van der Waals surface area contributed by atoms with Gasteiger partial charge in [0.1, 0.15) is 0 Å². The van der Waals surface area contributed by atoms with E-state index in [1.807, 2.05) is 34.0 Å². The van der Waals surface area contributed by atoms with Gasteiger partial charge in [0.15, 0.2) is 0 Å². The highest BCUT2D eigenvalue weighted by molar-refractivity contribution is 5.85. The standard InChI is InChI=1S/C14H25N5O/c1-11-12(10-18(4)17-11)9-16-13(20)14(2,3)19-7-5-15-6-8-19/h10,15H,5-9H2,1-4H3,(H,16,20). The first kappa shape index (κ1) is 15.0. The van der Waals surface area contributed by atoms with Gasteiger partial charge < -0.3 is 10.6 Å². The zero-order chi connectivity index (χ0) is 14.8. The molecule has 1 aliphatic rings. The molecule has 2 N–H and O–H groups in total. The second kappa shape index (κ2) is 5.93. The molecule has 0 saturated carbocycles. The maximum absolute atomic E-state index is 12.5. The third kappa shape index (κ3) is 3.19. The summed E-state index contributed by atoms with van der Waals surface area (Å²) in [6.45, 7) is 10.2. The van der Waals surface area contributed by atoms with Crippen LogP contribution in [0.1, 0.15) is 25.1 Å². The zero-order valence-electron chi connectivity index (χ0n) is 12.9. The van der Waals surface area contributed by atoms with E-state index < -0.39 is 5.54 Å². The highest BCUT2D eigenvalue weighted by atomic mass is 16.2. The molecule has 1 saturated heterocycles. The lowest BCUT2D eigenvalue weighted by Gasteiger charge is -2.39. The number of aromatic nitrogens is 2. The molecule has 1 aromatic heterocycles. The number of nitrogens with zero attached hydrogens (tertiary/aromatic N) is 3. The molecule has 0 radical (unpaired) electrons. The van der Waals surface area contributed by atoms with Crippen LogP contribution in [-0.4, -0.2) is 52.3 Å². The first-order chi connectivity index (χ1) is 9.41.